The molecule has 0 aromatic rings. The number of allylic oxidation sites excluding steroid dienone is 1. The molecule has 3 unspecified atom stereocenters. The summed E-state index contributed by atoms with van der Waals surface area (Å²) in [5, 5.41) is 3.30. The van der Waals surface area contributed by atoms with Crippen LogP contribution in [0.25, 0.3) is 0 Å². The van der Waals surface area contributed by atoms with Crippen molar-refractivity contribution < 1.29 is 9.53 Å². The van der Waals surface area contributed by atoms with E-state index in [9.17, 15) is 4.79 Å². The Balaban J connectivity index is 1.81. The molecule has 0 aromatic heterocycles. The maximum absolute atomic E-state index is 11.9. The summed E-state index contributed by atoms with van der Waals surface area (Å²) < 4.78 is 5.82. The highest BCUT2D eigenvalue weighted by atomic mass is 16.5. The summed E-state index contributed by atoms with van der Waals surface area (Å²) in [6.45, 7) is 4.17. The Kier molecular flexibility index (Phi) is 4.08. The zero-order valence-corrected chi connectivity index (χ0v) is 10.9. The largest absolute Gasteiger partial charge is 0.473 e. The number of ether oxygens (including phenoxy) is 1. The first kappa shape index (κ1) is 12.5. The summed E-state index contributed by atoms with van der Waals surface area (Å²) in [5.41, 5.74) is 0. The number of hydrogen-bond acceptors (Lipinski definition) is 3. The summed E-state index contributed by atoms with van der Waals surface area (Å²) in [6.07, 6.45) is 7.91. The number of carbonyl (C=O) groups is 1. The first-order chi connectivity index (χ1) is 8.24. The smallest absolute Gasteiger partial charge is 0.172 e. The Labute approximate surface area is 104 Å². The van der Waals surface area contributed by atoms with Crippen LogP contribution in [0, 0.1) is 11.8 Å². The highest BCUT2D eigenvalue weighted by molar-refractivity contribution is 5.81. The summed E-state index contributed by atoms with van der Waals surface area (Å²) in [7, 11) is 0. The summed E-state index contributed by atoms with van der Waals surface area (Å²) >= 11 is 0. The van der Waals surface area contributed by atoms with E-state index in [1.54, 1.807) is 0 Å². The van der Waals surface area contributed by atoms with Gasteiger partial charge in [-0.15, -0.1) is 0 Å². The molecule has 0 radical (unpaired) electrons. The van der Waals surface area contributed by atoms with Gasteiger partial charge in [0.05, 0.1) is 0 Å². The normalized spacial score (nSPS) is 31.9. The standard InChI is InChI=1S/C14H23NO2/c1-3-5-13(16)10-6-7-11(8-10)14-15-9-12(4-2)17-14/h9-11,14-15H,3-8H2,1-2H3. The highest BCUT2D eigenvalue weighted by Gasteiger charge is 2.36. The number of ketones is 1. The van der Waals surface area contributed by atoms with Gasteiger partial charge in [0, 0.05) is 30.9 Å². The van der Waals surface area contributed by atoms with Crippen molar-refractivity contribution in [1.29, 1.82) is 0 Å². The molecule has 17 heavy (non-hydrogen) atoms. The van der Waals surface area contributed by atoms with Gasteiger partial charge in [-0.25, -0.2) is 0 Å². The zero-order valence-electron chi connectivity index (χ0n) is 10.9. The summed E-state index contributed by atoms with van der Waals surface area (Å²) in [6, 6.07) is 0. The maximum Gasteiger partial charge on any atom is 0.172 e. The van der Waals surface area contributed by atoms with Gasteiger partial charge < -0.3 is 10.1 Å². The minimum atomic E-state index is 0.115. The second-order valence-electron chi connectivity index (χ2n) is 5.16. The number of rotatable bonds is 5. The van der Waals surface area contributed by atoms with Crippen LogP contribution in [0.2, 0.25) is 0 Å². The Morgan fingerprint density at radius 1 is 1.47 bits per heavy atom. The third-order valence-electron chi connectivity index (χ3n) is 3.89. The maximum atomic E-state index is 11.9. The first-order valence-corrected chi connectivity index (χ1v) is 6.89. The van der Waals surface area contributed by atoms with E-state index in [2.05, 4.69) is 19.2 Å². The monoisotopic (exact) mass is 237 g/mol. The van der Waals surface area contributed by atoms with Crippen molar-refractivity contribution in [3.63, 3.8) is 0 Å². The van der Waals surface area contributed by atoms with Crippen molar-refractivity contribution in [3.8, 4) is 0 Å². The molecule has 2 rings (SSSR count). The second kappa shape index (κ2) is 5.56. The van der Waals surface area contributed by atoms with Crippen LogP contribution in [-0.4, -0.2) is 12.0 Å². The third-order valence-corrected chi connectivity index (χ3v) is 3.89. The van der Waals surface area contributed by atoms with Gasteiger partial charge in [-0.2, -0.15) is 0 Å². The molecule has 0 saturated heterocycles. The highest BCUT2D eigenvalue weighted by Crippen LogP contribution is 2.36. The average Bonchev–Trinajstić information content (AvgIpc) is 2.98. The van der Waals surface area contributed by atoms with Crippen LogP contribution in [-0.2, 0) is 9.53 Å². The molecular weight excluding hydrogens is 214 g/mol. The molecule has 1 saturated carbocycles. The van der Waals surface area contributed by atoms with Crippen LogP contribution in [0.1, 0.15) is 52.4 Å². The van der Waals surface area contributed by atoms with E-state index in [-0.39, 0.29) is 12.1 Å². The molecule has 1 aliphatic heterocycles. The molecule has 3 nitrogen and oxygen atoms in total. The van der Waals surface area contributed by atoms with Crippen molar-refractivity contribution in [1.82, 2.24) is 5.32 Å². The number of Topliss-reactive ketones (excluding diaryl/α,β-unsaturated/α-hetero) is 1. The third kappa shape index (κ3) is 2.82. The lowest BCUT2D eigenvalue weighted by molar-refractivity contribution is -0.122. The summed E-state index contributed by atoms with van der Waals surface area (Å²) in [5.74, 6) is 2.28. The van der Waals surface area contributed by atoms with Gasteiger partial charge in [-0.3, -0.25) is 4.79 Å². The molecule has 3 heteroatoms. The van der Waals surface area contributed by atoms with E-state index >= 15 is 0 Å². The molecule has 0 spiro atoms. The van der Waals surface area contributed by atoms with Gasteiger partial charge in [-0.05, 0) is 25.7 Å². The van der Waals surface area contributed by atoms with Crippen LogP contribution in [0.5, 0.6) is 0 Å². The van der Waals surface area contributed by atoms with Crippen LogP contribution in [0.15, 0.2) is 12.0 Å². The lowest BCUT2D eigenvalue weighted by atomic mass is 9.97. The van der Waals surface area contributed by atoms with Gasteiger partial charge in [0.1, 0.15) is 11.5 Å². The molecule has 2 aliphatic rings. The molecular formula is C14H23NO2. The van der Waals surface area contributed by atoms with Gasteiger partial charge in [0.25, 0.3) is 0 Å². The minimum Gasteiger partial charge on any atom is -0.473 e. The van der Waals surface area contributed by atoms with Gasteiger partial charge in [-0.1, -0.05) is 13.8 Å². The molecule has 1 aliphatic carbocycles. The van der Waals surface area contributed by atoms with Gasteiger partial charge in [0.15, 0.2) is 6.23 Å². The molecule has 96 valence electrons. The van der Waals surface area contributed by atoms with Crippen molar-refractivity contribution in [2.45, 2.75) is 58.6 Å². The fourth-order valence-electron chi connectivity index (χ4n) is 2.86. The fraction of sp³-hybridized carbons (Fsp3) is 0.786. The van der Waals surface area contributed by atoms with E-state index < -0.39 is 0 Å². The lowest BCUT2D eigenvalue weighted by Gasteiger charge is -2.20. The molecule has 1 heterocycles. The van der Waals surface area contributed by atoms with E-state index in [1.807, 2.05) is 6.20 Å². The van der Waals surface area contributed by atoms with Crippen molar-refractivity contribution in [2.75, 3.05) is 0 Å². The molecule has 3 atom stereocenters. The van der Waals surface area contributed by atoms with E-state index in [1.165, 1.54) is 0 Å². The van der Waals surface area contributed by atoms with Crippen LogP contribution >= 0.6 is 0 Å². The Morgan fingerprint density at radius 2 is 2.29 bits per heavy atom. The van der Waals surface area contributed by atoms with E-state index in [4.69, 9.17) is 4.74 Å². The molecule has 0 aromatic carbocycles. The fourth-order valence-corrected chi connectivity index (χ4v) is 2.86. The predicted octanol–water partition coefficient (Wildman–Crippen LogP) is 2.97. The van der Waals surface area contributed by atoms with Crippen LogP contribution in [0.4, 0.5) is 0 Å². The van der Waals surface area contributed by atoms with Crippen molar-refractivity contribution >= 4 is 5.78 Å². The van der Waals surface area contributed by atoms with Gasteiger partial charge >= 0.3 is 0 Å². The lowest BCUT2D eigenvalue weighted by Crippen LogP contribution is -2.29. The zero-order chi connectivity index (χ0) is 12.3. The molecule has 0 bridgehead atoms. The number of carbonyl (C=O) groups excluding carboxylic acids is 1. The van der Waals surface area contributed by atoms with Crippen molar-refractivity contribution in [2.24, 2.45) is 11.8 Å². The van der Waals surface area contributed by atoms with Crippen LogP contribution in [0.3, 0.4) is 0 Å². The Morgan fingerprint density at radius 3 is 2.94 bits per heavy atom. The van der Waals surface area contributed by atoms with Crippen LogP contribution < -0.4 is 5.32 Å². The molecule has 0 amide bonds. The Bertz CT molecular complexity index is 311. The quantitative estimate of drug-likeness (QED) is 0.799. The minimum absolute atomic E-state index is 0.115. The molecule has 1 fully saturated rings. The van der Waals surface area contributed by atoms with Gasteiger partial charge in [0.2, 0.25) is 0 Å². The van der Waals surface area contributed by atoms with Crippen molar-refractivity contribution in [3.05, 3.63) is 12.0 Å². The molecule has 1 N–H and O–H groups in total. The second-order valence-corrected chi connectivity index (χ2v) is 5.16. The van der Waals surface area contributed by atoms with E-state index in [0.29, 0.717) is 11.7 Å². The SMILES string of the molecule is CCCC(=O)C1CCC(C2NC=C(CC)O2)C1. The van der Waals surface area contributed by atoms with E-state index in [0.717, 1.165) is 44.3 Å². The average molecular weight is 237 g/mol. The number of nitrogens with one attached hydrogen (secondary N) is 1. The first-order valence-electron chi connectivity index (χ1n) is 6.89. The summed E-state index contributed by atoms with van der Waals surface area (Å²) in [4.78, 5) is 11.9. The predicted molar refractivity (Wildman–Crippen MR) is 67.1 cm³/mol. The number of hydrogen-bond donors (Lipinski definition) is 1. The topological polar surface area (TPSA) is 38.3 Å². The Hall–Kier alpha value is -0.990.